The predicted molar refractivity (Wildman–Crippen MR) is 67.4 cm³/mol. The molecule has 1 heterocycles. The summed E-state index contributed by atoms with van der Waals surface area (Å²) in [5.74, 6) is 2.24. The number of benzene rings is 1. The van der Waals surface area contributed by atoms with Crippen molar-refractivity contribution in [3.63, 3.8) is 0 Å². The van der Waals surface area contributed by atoms with Gasteiger partial charge in [0.05, 0.1) is 4.90 Å². The Kier molecular flexibility index (Phi) is 3.41. The summed E-state index contributed by atoms with van der Waals surface area (Å²) >= 11 is 1.94. The topological polar surface area (TPSA) is 63.4 Å². The number of thioether (sulfide) groups is 1. The third-order valence-corrected chi connectivity index (χ3v) is 4.41. The fourth-order valence-corrected chi connectivity index (χ4v) is 3.09. The van der Waals surface area contributed by atoms with Crippen LogP contribution in [0.4, 0.5) is 5.69 Å². The minimum Gasteiger partial charge on any atom is -0.370 e. The first kappa shape index (κ1) is 11.8. The molecule has 1 saturated heterocycles. The van der Waals surface area contributed by atoms with Gasteiger partial charge in [-0.25, -0.2) is 13.6 Å². The van der Waals surface area contributed by atoms with E-state index in [-0.39, 0.29) is 4.90 Å². The fraction of sp³-hybridized carbons (Fsp3) is 0.400. The summed E-state index contributed by atoms with van der Waals surface area (Å²) in [7, 11) is -3.57. The number of nitrogens with zero attached hydrogens (tertiary/aromatic N) is 1. The van der Waals surface area contributed by atoms with E-state index < -0.39 is 10.0 Å². The summed E-state index contributed by atoms with van der Waals surface area (Å²) < 4.78 is 22.2. The summed E-state index contributed by atoms with van der Waals surface area (Å²) in [6.45, 7) is 2.03. The van der Waals surface area contributed by atoms with Gasteiger partial charge in [0, 0.05) is 30.3 Å². The Balaban J connectivity index is 2.18. The maximum atomic E-state index is 11.1. The first-order valence-electron chi connectivity index (χ1n) is 5.03. The Morgan fingerprint density at radius 1 is 1.12 bits per heavy atom. The fourth-order valence-electron chi connectivity index (χ4n) is 1.67. The molecule has 0 aromatic heterocycles. The lowest BCUT2D eigenvalue weighted by Gasteiger charge is -2.28. The molecule has 1 fully saturated rings. The van der Waals surface area contributed by atoms with Gasteiger partial charge in [-0.1, -0.05) is 0 Å². The van der Waals surface area contributed by atoms with Crippen molar-refractivity contribution in [1.82, 2.24) is 0 Å². The molecule has 4 nitrogen and oxygen atoms in total. The van der Waals surface area contributed by atoms with E-state index in [0.717, 1.165) is 30.3 Å². The highest BCUT2D eigenvalue weighted by Gasteiger charge is 2.12. The van der Waals surface area contributed by atoms with Gasteiger partial charge < -0.3 is 4.90 Å². The highest BCUT2D eigenvalue weighted by Crippen LogP contribution is 2.20. The lowest BCUT2D eigenvalue weighted by molar-refractivity contribution is 0.598. The number of nitrogens with two attached hydrogens (primary N) is 1. The molecule has 0 atom stereocenters. The summed E-state index contributed by atoms with van der Waals surface area (Å²) in [6.07, 6.45) is 0. The van der Waals surface area contributed by atoms with Gasteiger partial charge >= 0.3 is 0 Å². The molecule has 0 bridgehead atoms. The monoisotopic (exact) mass is 258 g/mol. The summed E-state index contributed by atoms with van der Waals surface area (Å²) in [4.78, 5) is 2.42. The molecule has 16 heavy (non-hydrogen) atoms. The Labute approximate surface area is 99.9 Å². The van der Waals surface area contributed by atoms with Crippen molar-refractivity contribution in [3.05, 3.63) is 24.3 Å². The molecule has 0 spiro atoms. The molecule has 1 aromatic carbocycles. The maximum Gasteiger partial charge on any atom is 0.238 e. The first-order chi connectivity index (χ1) is 7.57. The Morgan fingerprint density at radius 2 is 1.69 bits per heavy atom. The smallest absolute Gasteiger partial charge is 0.238 e. The van der Waals surface area contributed by atoms with Crippen molar-refractivity contribution in [2.24, 2.45) is 5.14 Å². The molecule has 6 heteroatoms. The van der Waals surface area contributed by atoms with Crippen LogP contribution in [0.15, 0.2) is 29.2 Å². The maximum absolute atomic E-state index is 11.1. The van der Waals surface area contributed by atoms with E-state index in [2.05, 4.69) is 4.90 Å². The summed E-state index contributed by atoms with van der Waals surface area (Å²) in [5, 5.41) is 5.04. The van der Waals surface area contributed by atoms with Crippen LogP contribution < -0.4 is 10.0 Å². The molecular weight excluding hydrogens is 244 g/mol. The zero-order chi connectivity index (χ0) is 11.6. The van der Waals surface area contributed by atoms with Gasteiger partial charge in [0.15, 0.2) is 0 Å². The van der Waals surface area contributed by atoms with E-state index in [1.54, 1.807) is 12.1 Å². The van der Waals surface area contributed by atoms with Gasteiger partial charge in [-0.15, -0.1) is 0 Å². The van der Waals surface area contributed by atoms with E-state index in [4.69, 9.17) is 5.14 Å². The van der Waals surface area contributed by atoms with E-state index >= 15 is 0 Å². The number of anilines is 1. The van der Waals surface area contributed by atoms with Crippen molar-refractivity contribution >= 4 is 27.5 Å². The molecule has 1 aliphatic heterocycles. The number of sulfonamides is 1. The normalized spacial score (nSPS) is 17.4. The molecule has 88 valence electrons. The van der Waals surface area contributed by atoms with Crippen molar-refractivity contribution in [2.75, 3.05) is 29.5 Å². The SMILES string of the molecule is NS(=O)(=O)c1ccc(N2CCSCC2)cc1. The zero-order valence-corrected chi connectivity index (χ0v) is 10.4. The molecule has 2 rings (SSSR count). The second-order valence-electron chi connectivity index (χ2n) is 3.64. The molecular formula is C10H14N2O2S2. The highest BCUT2D eigenvalue weighted by molar-refractivity contribution is 7.99. The van der Waals surface area contributed by atoms with Crippen LogP contribution in [-0.2, 0) is 10.0 Å². The average Bonchev–Trinajstić information content (AvgIpc) is 2.29. The molecule has 0 aliphatic carbocycles. The molecule has 0 saturated carbocycles. The van der Waals surface area contributed by atoms with E-state index in [0.29, 0.717) is 0 Å². The van der Waals surface area contributed by atoms with Gasteiger partial charge in [0.25, 0.3) is 0 Å². The quantitative estimate of drug-likeness (QED) is 0.855. The molecule has 2 N–H and O–H groups in total. The van der Waals surface area contributed by atoms with Crippen LogP contribution in [0, 0.1) is 0 Å². The predicted octanol–water partition coefficient (Wildman–Crippen LogP) is 0.887. The van der Waals surface area contributed by atoms with Crippen LogP contribution in [0.2, 0.25) is 0 Å². The van der Waals surface area contributed by atoms with Crippen molar-refractivity contribution in [1.29, 1.82) is 0 Å². The van der Waals surface area contributed by atoms with Crippen LogP contribution >= 0.6 is 11.8 Å². The van der Waals surface area contributed by atoms with Gasteiger partial charge in [-0.05, 0) is 24.3 Å². The van der Waals surface area contributed by atoms with Gasteiger partial charge in [0.2, 0.25) is 10.0 Å². The second-order valence-corrected chi connectivity index (χ2v) is 6.42. The Morgan fingerprint density at radius 3 is 2.19 bits per heavy atom. The van der Waals surface area contributed by atoms with E-state index in [9.17, 15) is 8.42 Å². The average molecular weight is 258 g/mol. The molecule has 0 amide bonds. The Hall–Kier alpha value is -0.720. The van der Waals surface area contributed by atoms with Crippen LogP contribution in [0.1, 0.15) is 0 Å². The lowest BCUT2D eigenvalue weighted by atomic mass is 10.3. The lowest BCUT2D eigenvalue weighted by Crippen LogP contribution is -2.32. The molecule has 0 radical (unpaired) electrons. The highest BCUT2D eigenvalue weighted by atomic mass is 32.2. The van der Waals surface area contributed by atoms with E-state index in [1.807, 2.05) is 23.9 Å². The number of rotatable bonds is 2. The molecule has 0 unspecified atom stereocenters. The number of hydrogen-bond donors (Lipinski definition) is 1. The largest absolute Gasteiger partial charge is 0.370 e. The summed E-state index contributed by atoms with van der Waals surface area (Å²) in [5.41, 5.74) is 1.06. The molecule has 1 aromatic rings. The Bertz CT molecular complexity index is 450. The van der Waals surface area contributed by atoms with Crippen molar-refractivity contribution < 1.29 is 8.42 Å². The number of hydrogen-bond acceptors (Lipinski definition) is 4. The second kappa shape index (κ2) is 4.65. The standard InChI is InChI=1S/C10H14N2O2S2/c11-16(13,14)10-3-1-9(2-4-10)12-5-7-15-8-6-12/h1-4H,5-8H2,(H2,11,13,14). The summed E-state index contributed by atoms with van der Waals surface area (Å²) in [6, 6.07) is 6.75. The van der Waals surface area contributed by atoms with Crippen LogP contribution in [0.25, 0.3) is 0 Å². The first-order valence-corrected chi connectivity index (χ1v) is 7.73. The van der Waals surface area contributed by atoms with Gasteiger partial charge in [-0.3, -0.25) is 0 Å². The van der Waals surface area contributed by atoms with Crippen molar-refractivity contribution in [3.8, 4) is 0 Å². The van der Waals surface area contributed by atoms with Crippen LogP contribution in [-0.4, -0.2) is 33.0 Å². The van der Waals surface area contributed by atoms with Crippen LogP contribution in [0.5, 0.6) is 0 Å². The number of primary sulfonamides is 1. The van der Waals surface area contributed by atoms with E-state index in [1.165, 1.54) is 0 Å². The van der Waals surface area contributed by atoms with Crippen LogP contribution in [0.3, 0.4) is 0 Å². The van der Waals surface area contributed by atoms with Gasteiger partial charge in [-0.2, -0.15) is 11.8 Å². The third kappa shape index (κ3) is 2.69. The zero-order valence-electron chi connectivity index (χ0n) is 8.80. The third-order valence-electron chi connectivity index (χ3n) is 2.54. The minimum atomic E-state index is -3.57. The molecule has 1 aliphatic rings. The minimum absolute atomic E-state index is 0.169. The van der Waals surface area contributed by atoms with Gasteiger partial charge in [0.1, 0.15) is 0 Å². The van der Waals surface area contributed by atoms with Crippen molar-refractivity contribution in [2.45, 2.75) is 4.90 Å².